The summed E-state index contributed by atoms with van der Waals surface area (Å²) in [7, 11) is 0. The lowest BCUT2D eigenvalue weighted by atomic mass is 10.1. The van der Waals surface area contributed by atoms with Gasteiger partial charge in [0, 0.05) is 23.0 Å². The summed E-state index contributed by atoms with van der Waals surface area (Å²) in [4.78, 5) is 15.8. The van der Waals surface area contributed by atoms with E-state index in [-0.39, 0.29) is 12.3 Å². The summed E-state index contributed by atoms with van der Waals surface area (Å²) in [5, 5.41) is 4.63. The fourth-order valence-corrected chi connectivity index (χ4v) is 1.84. The van der Waals surface area contributed by atoms with Gasteiger partial charge in [0.25, 0.3) is 0 Å². The molecular formula is C15H14ClN3O. The van der Waals surface area contributed by atoms with Gasteiger partial charge in [-0.1, -0.05) is 35.9 Å². The van der Waals surface area contributed by atoms with E-state index in [0.717, 1.165) is 11.1 Å². The minimum absolute atomic E-state index is 0.198. The van der Waals surface area contributed by atoms with Gasteiger partial charge in [0.2, 0.25) is 5.91 Å². The molecule has 0 aliphatic rings. The van der Waals surface area contributed by atoms with E-state index in [0.29, 0.717) is 10.7 Å². The van der Waals surface area contributed by atoms with Crippen LogP contribution in [0.4, 0.5) is 0 Å². The van der Waals surface area contributed by atoms with Crippen molar-refractivity contribution < 1.29 is 4.79 Å². The average Bonchev–Trinajstić information content (AvgIpc) is 2.48. The van der Waals surface area contributed by atoms with E-state index in [1.807, 2.05) is 37.3 Å². The van der Waals surface area contributed by atoms with Crippen LogP contribution in [0.15, 0.2) is 53.9 Å². The van der Waals surface area contributed by atoms with Crippen LogP contribution in [0, 0.1) is 0 Å². The third-order valence-electron chi connectivity index (χ3n) is 2.74. The van der Waals surface area contributed by atoms with E-state index in [4.69, 9.17) is 11.6 Å². The molecule has 5 heteroatoms. The number of carbonyl (C=O) groups is 1. The molecule has 0 radical (unpaired) electrons. The number of benzene rings is 1. The highest BCUT2D eigenvalue weighted by Gasteiger charge is 2.06. The van der Waals surface area contributed by atoms with Crippen molar-refractivity contribution in [2.24, 2.45) is 5.10 Å². The number of aromatic nitrogens is 1. The highest BCUT2D eigenvalue weighted by Crippen LogP contribution is 2.15. The molecular weight excluding hydrogens is 274 g/mol. The Bertz CT molecular complexity index is 626. The highest BCUT2D eigenvalue weighted by molar-refractivity contribution is 6.31. The van der Waals surface area contributed by atoms with Crippen molar-refractivity contribution in [3.63, 3.8) is 0 Å². The van der Waals surface area contributed by atoms with Gasteiger partial charge in [-0.15, -0.1) is 0 Å². The number of hydrazone groups is 1. The van der Waals surface area contributed by atoms with E-state index >= 15 is 0 Å². The van der Waals surface area contributed by atoms with Gasteiger partial charge in [0.1, 0.15) is 0 Å². The zero-order valence-electron chi connectivity index (χ0n) is 11.0. The third kappa shape index (κ3) is 3.90. The van der Waals surface area contributed by atoms with Gasteiger partial charge in [-0.3, -0.25) is 9.78 Å². The standard InChI is InChI=1S/C15H14ClN3O/c1-11(13-6-4-8-17-10-13)18-19-15(20)9-12-5-2-3-7-14(12)16/h2-8,10H,9H2,1H3,(H,19,20)/b18-11-. The number of halogens is 1. The minimum atomic E-state index is -0.207. The molecule has 0 aliphatic carbocycles. The quantitative estimate of drug-likeness (QED) is 0.694. The van der Waals surface area contributed by atoms with E-state index < -0.39 is 0 Å². The summed E-state index contributed by atoms with van der Waals surface area (Å²) >= 11 is 6.00. The molecule has 1 aromatic carbocycles. The maximum atomic E-state index is 11.8. The van der Waals surface area contributed by atoms with E-state index in [9.17, 15) is 4.79 Å². The molecule has 4 nitrogen and oxygen atoms in total. The maximum absolute atomic E-state index is 11.8. The fraction of sp³-hybridized carbons (Fsp3) is 0.133. The average molecular weight is 288 g/mol. The van der Waals surface area contributed by atoms with Crippen molar-refractivity contribution in [1.29, 1.82) is 0 Å². The first kappa shape index (κ1) is 14.2. The molecule has 2 aromatic rings. The molecule has 1 N–H and O–H groups in total. The number of nitrogens with one attached hydrogen (secondary N) is 1. The van der Waals surface area contributed by atoms with E-state index in [1.54, 1.807) is 18.5 Å². The number of carbonyl (C=O) groups excluding carboxylic acids is 1. The Hall–Kier alpha value is -2.20. The van der Waals surface area contributed by atoms with Crippen LogP contribution in [0.25, 0.3) is 0 Å². The molecule has 0 atom stereocenters. The minimum Gasteiger partial charge on any atom is -0.273 e. The molecule has 0 fully saturated rings. The first-order valence-electron chi connectivity index (χ1n) is 6.14. The number of hydrogen-bond acceptors (Lipinski definition) is 3. The highest BCUT2D eigenvalue weighted by atomic mass is 35.5. The summed E-state index contributed by atoms with van der Waals surface area (Å²) in [6.07, 6.45) is 3.58. The molecule has 0 saturated heterocycles. The molecule has 102 valence electrons. The lowest BCUT2D eigenvalue weighted by Gasteiger charge is -2.04. The van der Waals surface area contributed by atoms with Crippen LogP contribution < -0.4 is 5.43 Å². The molecule has 0 unspecified atom stereocenters. The van der Waals surface area contributed by atoms with Gasteiger partial charge in [0.15, 0.2) is 0 Å². The largest absolute Gasteiger partial charge is 0.273 e. The SMILES string of the molecule is C/C(=N/NC(=O)Cc1ccccc1Cl)c1cccnc1. The molecule has 1 aromatic heterocycles. The molecule has 2 rings (SSSR count). The van der Waals surface area contributed by atoms with Crippen LogP contribution in [0.2, 0.25) is 5.02 Å². The van der Waals surface area contributed by atoms with Gasteiger partial charge < -0.3 is 0 Å². The van der Waals surface area contributed by atoms with Crippen LogP contribution in [-0.4, -0.2) is 16.6 Å². The molecule has 0 saturated carbocycles. The summed E-state index contributed by atoms with van der Waals surface area (Å²) < 4.78 is 0. The summed E-state index contributed by atoms with van der Waals surface area (Å²) in [6, 6.07) is 11.0. The van der Waals surface area contributed by atoms with Crippen molar-refractivity contribution in [3.8, 4) is 0 Å². The van der Waals surface area contributed by atoms with Crippen molar-refractivity contribution in [1.82, 2.24) is 10.4 Å². The Morgan fingerprint density at radius 2 is 2.10 bits per heavy atom. The first-order valence-corrected chi connectivity index (χ1v) is 6.51. The van der Waals surface area contributed by atoms with E-state index in [2.05, 4.69) is 15.5 Å². The van der Waals surface area contributed by atoms with Crippen molar-refractivity contribution >= 4 is 23.2 Å². The lowest BCUT2D eigenvalue weighted by Crippen LogP contribution is -2.21. The molecule has 0 aliphatic heterocycles. The van der Waals surface area contributed by atoms with Gasteiger partial charge in [-0.05, 0) is 24.6 Å². The Morgan fingerprint density at radius 1 is 1.30 bits per heavy atom. The summed E-state index contributed by atoms with van der Waals surface area (Å²) in [5.74, 6) is -0.207. The second-order valence-electron chi connectivity index (χ2n) is 4.24. The molecule has 0 bridgehead atoms. The van der Waals surface area contributed by atoms with E-state index in [1.165, 1.54) is 0 Å². The van der Waals surface area contributed by atoms with Gasteiger partial charge >= 0.3 is 0 Å². The smallest absolute Gasteiger partial charge is 0.244 e. The van der Waals surface area contributed by atoms with Crippen molar-refractivity contribution in [2.45, 2.75) is 13.3 Å². The number of rotatable bonds is 4. The van der Waals surface area contributed by atoms with Crippen LogP contribution in [0.3, 0.4) is 0 Å². The monoisotopic (exact) mass is 287 g/mol. The molecule has 1 amide bonds. The topological polar surface area (TPSA) is 54.4 Å². The fourth-order valence-electron chi connectivity index (χ4n) is 1.64. The number of nitrogens with zero attached hydrogens (tertiary/aromatic N) is 2. The second kappa shape index (κ2) is 6.82. The zero-order chi connectivity index (χ0) is 14.4. The Labute approximate surface area is 122 Å². The Kier molecular flexibility index (Phi) is 4.85. The van der Waals surface area contributed by atoms with Crippen molar-refractivity contribution in [2.75, 3.05) is 0 Å². The van der Waals surface area contributed by atoms with Gasteiger partial charge in [-0.2, -0.15) is 5.10 Å². The summed E-state index contributed by atoms with van der Waals surface area (Å²) in [5.41, 5.74) is 4.86. The molecule has 20 heavy (non-hydrogen) atoms. The van der Waals surface area contributed by atoms with Gasteiger partial charge in [0.05, 0.1) is 12.1 Å². The predicted octanol–water partition coefficient (Wildman–Crippen LogP) is 2.82. The third-order valence-corrected chi connectivity index (χ3v) is 3.11. The van der Waals surface area contributed by atoms with Crippen LogP contribution in [0.5, 0.6) is 0 Å². The van der Waals surface area contributed by atoms with Crippen LogP contribution >= 0.6 is 11.6 Å². The Morgan fingerprint density at radius 3 is 2.80 bits per heavy atom. The van der Waals surface area contributed by atoms with Crippen LogP contribution in [-0.2, 0) is 11.2 Å². The lowest BCUT2D eigenvalue weighted by molar-refractivity contribution is -0.120. The Balaban J connectivity index is 1.97. The predicted molar refractivity (Wildman–Crippen MR) is 79.7 cm³/mol. The van der Waals surface area contributed by atoms with Crippen LogP contribution in [0.1, 0.15) is 18.1 Å². The summed E-state index contributed by atoms with van der Waals surface area (Å²) in [6.45, 7) is 1.81. The molecule has 0 spiro atoms. The zero-order valence-corrected chi connectivity index (χ0v) is 11.8. The molecule has 1 heterocycles. The second-order valence-corrected chi connectivity index (χ2v) is 4.65. The first-order chi connectivity index (χ1) is 9.66. The van der Waals surface area contributed by atoms with Crippen molar-refractivity contribution in [3.05, 3.63) is 64.9 Å². The van der Waals surface area contributed by atoms with Gasteiger partial charge in [-0.25, -0.2) is 5.43 Å². The maximum Gasteiger partial charge on any atom is 0.244 e. The number of hydrogen-bond donors (Lipinski definition) is 1. The normalized spacial score (nSPS) is 11.2. The number of amides is 1. The number of pyridine rings is 1.